The second-order valence-electron chi connectivity index (χ2n) is 6.47. The number of likely N-dealkylation sites (tertiary alicyclic amines) is 1. The van der Waals surface area contributed by atoms with Crippen LogP contribution < -0.4 is 5.73 Å². The van der Waals surface area contributed by atoms with Crippen LogP contribution in [0.15, 0.2) is 0 Å². The van der Waals surface area contributed by atoms with E-state index in [1.807, 2.05) is 6.92 Å². The van der Waals surface area contributed by atoms with Gasteiger partial charge in [0.1, 0.15) is 11.3 Å². The smallest absolute Gasteiger partial charge is 0.151 e. The zero-order valence-electron chi connectivity index (χ0n) is 13.8. The van der Waals surface area contributed by atoms with Gasteiger partial charge in [-0.05, 0) is 71.1 Å². The van der Waals surface area contributed by atoms with Gasteiger partial charge < -0.3 is 15.6 Å². The van der Waals surface area contributed by atoms with Crippen molar-refractivity contribution in [2.75, 3.05) is 25.4 Å². The number of fused-ring (bicyclic) bond motifs is 1. The number of aryl methyl sites for hydroxylation is 3. The molecule has 0 aliphatic carbocycles. The normalized spacial score (nSPS) is 15.9. The molecule has 3 heterocycles. The molecular formula is C17H27N5. The molecule has 120 valence electrons. The van der Waals surface area contributed by atoms with Crippen molar-refractivity contribution < 1.29 is 0 Å². The van der Waals surface area contributed by atoms with Crippen LogP contribution in [-0.4, -0.2) is 39.5 Å². The molecule has 1 fully saturated rings. The molecule has 22 heavy (non-hydrogen) atoms. The summed E-state index contributed by atoms with van der Waals surface area (Å²) in [5.41, 5.74) is 10.4. The van der Waals surface area contributed by atoms with Crippen LogP contribution >= 0.6 is 0 Å². The van der Waals surface area contributed by atoms with Gasteiger partial charge in [0.2, 0.25) is 0 Å². The van der Waals surface area contributed by atoms with Crippen LogP contribution in [0.4, 0.5) is 5.82 Å². The van der Waals surface area contributed by atoms with E-state index >= 15 is 0 Å². The van der Waals surface area contributed by atoms with E-state index in [4.69, 9.17) is 5.73 Å². The number of hydrogen-bond acceptors (Lipinski definition) is 4. The Balaban J connectivity index is 1.58. The Morgan fingerprint density at radius 1 is 1.09 bits per heavy atom. The molecule has 5 nitrogen and oxygen atoms in total. The molecule has 3 N–H and O–H groups in total. The Morgan fingerprint density at radius 2 is 1.86 bits per heavy atom. The van der Waals surface area contributed by atoms with E-state index in [9.17, 15) is 0 Å². The maximum atomic E-state index is 6.00. The zero-order chi connectivity index (χ0) is 15.5. The summed E-state index contributed by atoms with van der Waals surface area (Å²) < 4.78 is 0. The number of aromatic nitrogens is 3. The lowest BCUT2D eigenvalue weighted by atomic mass is 10.1. The molecule has 2 aromatic rings. The van der Waals surface area contributed by atoms with Crippen molar-refractivity contribution in [3.05, 3.63) is 17.1 Å². The van der Waals surface area contributed by atoms with Crippen molar-refractivity contribution in [1.29, 1.82) is 0 Å². The van der Waals surface area contributed by atoms with Gasteiger partial charge in [-0.25, -0.2) is 9.97 Å². The summed E-state index contributed by atoms with van der Waals surface area (Å²) in [5.74, 6) is 1.31. The monoisotopic (exact) mass is 301 g/mol. The molecular weight excluding hydrogens is 274 g/mol. The molecule has 0 spiro atoms. The SMILES string of the molecule is Cc1nc(N)c2[nH]c(C)c(CCCCCN3CCCC3)c2n1. The number of nitrogens with two attached hydrogens (primary N) is 1. The minimum absolute atomic E-state index is 0.561. The summed E-state index contributed by atoms with van der Waals surface area (Å²) in [4.78, 5) is 14.8. The largest absolute Gasteiger partial charge is 0.382 e. The van der Waals surface area contributed by atoms with E-state index < -0.39 is 0 Å². The Hall–Kier alpha value is -1.62. The fourth-order valence-electron chi connectivity index (χ4n) is 3.50. The number of rotatable bonds is 6. The maximum absolute atomic E-state index is 6.00. The molecule has 0 amide bonds. The summed E-state index contributed by atoms with van der Waals surface area (Å²) >= 11 is 0. The van der Waals surface area contributed by atoms with Crippen molar-refractivity contribution >= 4 is 16.9 Å². The Morgan fingerprint density at radius 3 is 2.64 bits per heavy atom. The van der Waals surface area contributed by atoms with E-state index in [0.717, 1.165) is 23.3 Å². The van der Waals surface area contributed by atoms with E-state index in [1.165, 1.54) is 63.0 Å². The number of hydrogen-bond donors (Lipinski definition) is 2. The van der Waals surface area contributed by atoms with E-state index in [0.29, 0.717) is 5.82 Å². The van der Waals surface area contributed by atoms with Crippen molar-refractivity contribution in [3.63, 3.8) is 0 Å². The van der Waals surface area contributed by atoms with Gasteiger partial charge in [0.25, 0.3) is 0 Å². The van der Waals surface area contributed by atoms with Crippen LogP contribution in [-0.2, 0) is 6.42 Å². The predicted molar refractivity (Wildman–Crippen MR) is 91.0 cm³/mol. The highest BCUT2D eigenvalue weighted by Gasteiger charge is 2.14. The molecule has 3 rings (SSSR count). The third-order valence-corrected chi connectivity index (χ3v) is 4.70. The Labute approximate surface area is 132 Å². The summed E-state index contributed by atoms with van der Waals surface area (Å²) in [7, 11) is 0. The minimum atomic E-state index is 0.561. The molecule has 1 saturated heterocycles. The highest BCUT2D eigenvalue weighted by Crippen LogP contribution is 2.25. The lowest BCUT2D eigenvalue weighted by molar-refractivity contribution is 0.328. The highest BCUT2D eigenvalue weighted by atomic mass is 15.1. The highest BCUT2D eigenvalue weighted by molar-refractivity contribution is 5.88. The number of anilines is 1. The number of nitrogens with one attached hydrogen (secondary N) is 1. The molecule has 1 aliphatic rings. The van der Waals surface area contributed by atoms with Gasteiger partial charge in [-0.2, -0.15) is 0 Å². The van der Waals surface area contributed by atoms with Gasteiger partial charge >= 0.3 is 0 Å². The third kappa shape index (κ3) is 3.24. The maximum Gasteiger partial charge on any atom is 0.151 e. The van der Waals surface area contributed by atoms with Crippen LogP contribution in [0.1, 0.15) is 49.2 Å². The topological polar surface area (TPSA) is 70.8 Å². The summed E-state index contributed by atoms with van der Waals surface area (Å²) in [5, 5.41) is 0. The quantitative estimate of drug-likeness (QED) is 0.805. The summed E-state index contributed by atoms with van der Waals surface area (Å²) in [6, 6.07) is 0. The lowest BCUT2D eigenvalue weighted by Gasteiger charge is -2.13. The number of nitrogens with zero attached hydrogens (tertiary/aromatic N) is 3. The van der Waals surface area contributed by atoms with Gasteiger partial charge in [0, 0.05) is 5.69 Å². The molecule has 0 unspecified atom stereocenters. The fraction of sp³-hybridized carbons (Fsp3) is 0.647. The Bertz CT molecular complexity index is 640. The number of unbranched alkanes of at least 4 members (excludes halogenated alkanes) is 2. The van der Waals surface area contributed by atoms with E-state index in [1.54, 1.807) is 0 Å². The molecule has 0 bridgehead atoms. The molecule has 5 heteroatoms. The van der Waals surface area contributed by atoms with Crippen LogP contribution in [0, 0.1) is 13.8 Å². The lowest BCUT2D eigenvalue weighted by Crippen LogP contribution is -2.20. The summed E-state index contributed by atoms with van der Waals surface area (Å²) in [6.45, 7) is 7.88. The molecule has 0 atom stereocenters. The van der Waals surface area contributed by atoms with Gasteiger partial charge in [0.15, 0.2) is 5.82 Å². The van der Waals surface area contributed by atoms with Crippen molar-refractivity contribution in [2.45, 2.75) is 52.4 Å². The molecule has 1 aliphatic heterocycles. The third-order valence-electron chi connectivity index (χ3n) is 4.70. The minimum Gasteiger partial charge on any atom is -0.382 e. The molecule has 0 aromatic carbocycles. The average Bonchev–Trinajstić information content (AvgIpc) is 3.08. The first kappa shape index (κ1) is 15.3. The van der Waals surface area contributed by atoms with Crippen molar-refractivity contribution in [1.82, 2.24) is 19.9 Å². The van der Waals surface area contributed by atoms with Crippen LogP contribution in [0.5, 0.6) is 0 Å². The first-order valence-electron chi connectivity index (χ1n) is 8.49. The van der Waals surface area contributed by atoms with Crippen molar-refractivity contribution in [2.24, 2.45) is 0 Å². The molecule has 0 radical (unpaired) electrons. The fourth-order valence-corrected chi connectivity index (χ4v) is 3.50. The molecule has 2 aromatic heterocycles. The van der Waals surface area contributed by atoms with Crippen LogP contribution in [0.3, 0.4) is 0 Å². The van der Waals surface area contributed by atoms with Crippen molar-refractivity contribution in [3.8, 4) is 0 Å². The first-order chi connectivity index (χ1) is 10.6. The van der Waals surface area contributed by atoms with Crippen LogP contribution in [0.25, 0.3) is 11.0 Å². The van der Waals surface area contributed by atoms with Crippen LogP contribution in [0.2, 0.25) is 0 Å². The average molecular weight is 301 g/mol. The van der Waals surface area contributed by atoms with E-state index in [2.05, 4.69) is 26.8 Å². The van der Waals surface area contributed by atoms with Gasteiger partial charge in [-0.15, -0.1) is 0 Å². The van der Waals surface area contributed by atoms with E-state index in [-0.39, 0.29) is 0 Å². The van der Waals surface area contributed by atoms with Gasteiger partial charge in [-0.1, -0.05) is 6.42 Å². The second-order valence-corrected chi connectivity index (χ2v) is 6.47. The number of H-pyrrole nitrogens is 1. The van der Waals surface area contributed by atoms with Gasteiger partial charge in [0.05, 0.1) is 5.52 Å². The zero-order valence-corrected chi connectivity index (χ0v) is 13.8. The number of aromatic amines is 1. The second kappa shape index (κ2) is 6.65. The first-order valence-corrected chi connectivity index (χ1v) is 8.49. The van der Waals surface area contributed by atoms with Gasteiger partial charge in [-0.3, -0.25) is 0 Å². The standard InChI is InChI=1S/C17H27N5/c1-12-14(8-4-3-5-9-22-10-6-7-11-22)15-16(19-12)17(18)21-13(2)20-15/h19H,3-11H2,1-2H3,(H2,18,20,21). The molecule has 0 saturated carbocycles. The summed E-state index contributed by atoms with van der Waals surface area (Å²) in [6.07, 6.45) is 7.63. The number of nitrogen functional groups attached to an aromatic ring is 1. The predicted octanol–water partition coefficient (Wildman–Crippen LogP) is 2.97. The Kier molecular flexibility index (Phi) is 4.62.